The molecule has 0 aromatic heterocycles. The molecule has 1 atom stereocenters. The molecule has 1 saturated heterocycles. The molecule has 0 saturated carbocycles. The Morgan fingerprint density at radius 1 is 1.29 bits per heavy atom. The number of piperazine rings is 1. The van der Waals surface area contributed by atoms with Crippen molar-refractivity contribution in [3.8, 4) is 0 Å². The Balaban J connectivity index is 2.40. The van der Waals surface area contributed by atoms with Crippen molar-refractivity contribution in [3.63, 3.8) is 0 Å². The number of amides is 1. The predicted molar refractivity (Wildman–Crippen MR) is 74.0 cm³/mol. The van der Waals surface area contributed by atoms with Crippen LogP contribution in [0.5, 0.6) is 0 Å². The molecule has 1 unspecified atom stereocenters. The largest absolute Gasteiger partial charge is 0.481 e. The number of hydrogen-bond acceptors (Lipinski definition) is 4. The minimum absolute atomic E-state index is 0.0535. The summed E-state index contributed by atoms with van der Waals surface area (Å²) >= 11 is 0. The minimum atomic E-state index is -3.89. The number of sulfonamides is 1. The van der Waals surface area contributed by atoms with Gasteiger partial charge in [0, 0.05) is 20.1 Å². The second-order valence-corrected chi connectivity index (χ2v) is 6.69. The Kier molecular flexibility index (Phi) is 4.29. The van der Waals surface area contributed by atoms with E-state index in [0.717, 1.165) is 4.31 Å². The van der Waals surface area contributed by atoms with Crippen LogP contribution in [-0.4, -0.2) is 60.8 Å². The lowest BCUT2D eigenvalue weighted by Gasteiger charge is -2.37. The molecule has 1 fully saturated rings. The van der Waals surface area contributed by atoms with E-state index in [-0.39, 0.29) is 18.0 Å². The quantitative estimate of drug-likeness (QED) is 0.844. The van der Waals surface area contributed by atoms with Crippen LogP contribution in [0, 0.1) is 0 Å². The summed E-state index contributed by atoms with van der Waals surface area (Å²) in [5.74, 6) is -1.71. The van der Waals surface area contributed by atoms with Crippen molar-refractivity contribution in [1.29, 1.82) is 0 Å². The molecule has 0 radical (unpaired) electrons. The van der Waals surface area contributed by atoms with Gasteiger partial charge in [-0.2, -0.15) is 4.31 Å². The summed E-state index contributed by atoms with van der Waals surface area (Å²) in [4.78, 5) is 24.4. The van der Waals surface area contributed by atoms with Crippen molar-refractivity contribution in [3.05, 3.63) is 30.3 Å². The van der Waals surface area contributed by atoms with E-state index in [0.29, 0.717) is 0 Å². The monoisotopic (exact) mass is 312 g/mol. The van der Waals surface area contributed by atoms with E-state index < -0.39 is 34.4 Å². The Morgan fingerprint density at radius 2 is 1.90 bits per heavy atom. The lowest BCUT2D eigenvalue weighted by molar-refractivity contribution is -0.145. The van der Waals surface area contributed by atoms with Crippen LogP contribution in [-0.2, 0) is 19.6 Å². The maximum absolute atomic E-state index is 12.6. The molecule has 0 aliphatic carbocycles. The fraction of sp³-hybridized carbons (Fsp3) is 0.385. The van der Waals surface area contributed by atoms with Gasteiger partial charge in [-0.3, -0.25) is 9.59 Å². The van der Waals surface area contributed by atoms with Gasteiger partial charge in [-0.15, -0.1) is 0 Å². The third kappa shape index (κ3) is 3.06. The number of aliphatic carboxylic acids is 1. The summed E-state index contributed by atoms with van der Waals surface area (Å²) in [6.07, 6.45) is -0.546. The van der Waals surface area contributed by atoms with Crippen LogP contribution in [0.1, 0.15) is 6.42 Å². The van der Waals surface area contributed by atoms with Crippen molar-refractivity contribution in [2.24, 2.45) is 0 Å². The van der Waals surface area contributed by atoms with Crippen LogP contribution in [0.3, 0.4) is 0 Å². The standard InChI is InChI=1S/C13H16N2O5S/c1-14-7-8-15(11(13(14)18)9-12(16)17)21(19,20)10-5-3-2-4-6-10/h2-6,11H,7-9H2,1H3,(H,16,17). The molecule has 7 nitrogen and oxygen atoms in total. The lowest BCUT2D eigenvalue weighted by Crippen LogP contribution is -2.58. The normalized spacial score (nSPS) is 20.5. The number of benzene rings is 1. The highest BCUT2D eigenvalue weighted by Gasteiger charge is 2.41. The number of hydrogen-bond donors (Lipinski definition) is 1. The van der Waals surface area contributed by atoms with Gasteiger partial charge in [0.05, 0.1) is 11.3 Å². The Labute approximate surface area is 122 Å². The molecular formula is C13H16N2O5S. The summed E-state index contributed by atoms with van der Waals surface area (Å²) in [5.41, 5.74) is 0. The van der Waals surface area contributed by atoms with E-state index in [1.165, 1.54) is 24.1 Å². The van der Waals surface area contributed by atoms with Gasteiger partial charge in [0.1, 0.15) is 6.04 Å². The number of carboxylic acids is 1. The molecule has 1 aliphatic rings. The average molecular weight is 312 g/mol. The molecule has 21 heavy (non-hydrogen) atoms. The highest BCUT2D eigenvalue weighted by atomic mass is 32.2. The molecule has 1 amide bonds. The van der Waals surface area contributed by atoms with Crippen molar-refractivity contribution >= 4 is 21.9 Å². The van der Waals surface area contributed by atoms with E-state index in [1.807, 2.05) is 0 Å². The lowest BCUT2D eigenvalue weighted by atomic mass is 10.1. The first kappa shape index (κ1) is 15.5. The molecule has 0 spiro atoms. The smallest absolute Gasteiger partial charge is 0.305 e. The number of carboxylic acid groups (broad SMARTS) is 1. The molecule has 1 aliphatic heterocycles. The molecule has 8 heteroatoms. The van der Waals surface area contributed by atoms with Gasteiger partial charge >= 0.3 is 5.97 Å². The topological polar surface area (TPSA) is 95.0 Å². The summed E-state index contributed by atoms with van der Waals surface area (Å²) in [5, 5.41) is 8.93. The third-order valence-corrected chi connectivity index (χ3v) is 5.30. The average Bonchev–Trinajstić information content (AvgIpc) is 2.44. The van der Waals surface area contributed by atoms with Crippen LogP contribution >= 0.6 is 0 Å². The highest BCUT2D eigenvalue weighted by Crippen LogP contribution is 2.23. The molecule has 1 aromatic rings. The zero-order valence-corrected chi connectivity index (χ0v) is 12.3. The highest BCUT2D eigenvalue weighted by molar-refractivity contribution is 7.89. The number of carbonyl (C=O) groups excluding carboxylic acids is 1. The van der Waals surface area contributed by atoms with Gasteiger partial charge in [-0.05, 0) is 12.1 Å². The number of rotatable bonds is 4. The van der Waals surface area contributed by atoms with E-state index in [4.69, 9.17) is 5.11 Å². The number of carbonyl (C=O) groups is 2. The van der Waals surface area contributed by atoms with Gasteiger partial charge in [-0.25, -0.2) is 8.42 Å². The van der Waals surface area contributed by atoms with Crippen LogP contribution in [0.25, 0.3) is 0 Å². The SMILES string of the molecule is CN1CCN(S(=O)(=O)c2ccccc2)C(CC(=O)O)C1=O. The second kappa shape index (κ2) is 5.82. The van der Waals surface area contributed by atoms with E-state index in [9.17, 15) is 18.0 Å². The molecular weight excluding hydrogens is 296 g/mol. The van der Waals surface area contributed by atoms with Crippen molar-refractivity contribution < 1.29 is 23.1 Å². The third-order valence-electron chi connectivity index (χ3n) is 3.38. The molecule has 1 aromatic carbocycles. The van der Waals surface area contributed by atoms with Crippen LogP contribution in [0.15, 0.2) is 35.2 Å². The Hall–Kier alpha value is -1.93. The molecule has 1 heterocycles. The van der Waals surface area contributed by atoms with E-state index >= 15 is 0 Å². The van der Waals surface area contributed by atoms with Crippen molar-refractivity contribution in [2.45, 2.75) is 17.4 Å². The zero-order valence-electron chi connectivity index (χ0n) is 11.5. The van der Waals surface area contributed by atoms with Gasteiger partial charge in [0.2, 0.25) is 15.9 Å². The molecule has 1 N–H and O–H groups in total. The predicted octanol–water partition coefficient (Wildman–Crippen LogP) is -0.00740. The van der Waals surface area contributed by atoms with Crippen LogP contribution in [0.4, 0.5) is 0 Å². The van der Waals surface area contributed by atoms with Crippen molar-refractivity contribution in [1.82, 2.24) is 9.21 Å². The van der Waals surface area contributed by atoms with Gasteiger partial charge in [-0.1, -0.05) is 18.2 Å². The summed E-state index contributed by atoms with van der Waals surface area (Å²) in [6.45, 7) is 0.318. The first-order chi connectivity index (χ1) is 9.84. The van der Waals surface area contributed by atoms with Gasteiger partial charge in [0.25, 0.3) is 0 Å². The minimum Gasteiger partial charge on any atom is -0.481 e. The summed E-state index contributed by atoms with van der Waals surface area (Å²) in [6, 6.07) is 6.49. The van der Waals surface area contributed by atoms with E-state index in [1.54, 1.807) is 18.2 Å². The Morgan fingerprint density at radius 3 is 2.48 bits per heavy atom. The van der Waals surface area contributed by atoms with Crippen LogP contribution in [0.2, 0.25) is 0 Å². The zero-order chi connectivity index (χ0) is 15.6. The maximum Gasteiger partial charge on any atom is 0.305 e. The first-order valence-electron chi connectivity index (χ1n) is 6.37. The van der Waals surface area contributed by atoms with Gasteiger partial charge in [0.15, 0.2) is 0 Å². The second-order valence-electron chi connectivity index (χ2n) is 4.80. The van der Waals surface area contributed by atoms with Crippen LogP contribution < -0.4 is 0 Å². The number of nitrogens with zero attached hydrogens (tertiary/aromatic N) is 2. The first-order valence-corrected chi connectivity index (χ1v) is 7.81. The van der Waals surface area contributed by atoms with Gasteiger partial charge < -0.3 is 10.0 Å². The van der Waals surface area contributed by atoms with Crippen molar-refractivity contribution in [2.75, 3.05) is 20.1 Å². The maximum atomic E-state index is 12.6. The van der Waals surface area contributed by atoms with E-state index in [2.05, 4.69) is 0 Å². The number of likely N-dealkylation sites (N-methyl/N-ethyl adjacent to an activating group) is 1. The molecule has 0 bridgehead atoms. The fourth-order valence-corrected chi connectivity index (χ4v) is 3.86. The summed E-state index contributed by atoms with van der Waals surface area (Å²) in [7, 11) is -2.36. The Bertz CT molecular complexity index is 644. The molecule has 114 valence electrons. The summed E-state index contributed by atoms with van der Waals surface area (Å²) < 4.78 is 26.2. The fourth-order valence-electron chi connectivity index (χ4n) is 2.26. The molecule has 2 rings (SSSR count).